The van der Waals surface area contributed by atoms with Crippen LogP contribution in [0.2, 0.25) is 0 Å². The zero-order valence-corrected chi connectivity index (χ0v) is 10.3. The van der Waals surface area contributed by atoms with Gasteiger partial charge in [0.1, 0.15) is 0 Å². The molecule has 4 rings (SSSR count). The number of hydrogen-bond acceptors (Lipinski definition) is 3. The highest BCUT2D eigenvalue weighted by atomic mass is 32.1. The molecule has 2 aromatic carbocycles. The van der Waals surface area contributed by atoms with E-state index < -0.39 is 0 Å². The molecule has 0 spiro atoms. The molecule has 0 unspecified atom stereocenters. The van der Waals surface area contributed by atoms with Gasteiger partial charge in [-0.15, -0.1) is 11.3 Å². The van der Waals surface area contributed by atoms with Gasteiger partial charge in [0.05, 0.1) is 33.1 Å². The second-order valence-electron chi connectivity index (χ2n) is 4.12. The molecule has 18 heavy (non-hydrogen) atoms. The number of para-hydroxylation sites is 1. The molecule has 0 atom stereocenters. The maximum Gasteiger partial charge on any atom is 0.0833 e. The van der Waals surface area contributed by atoms with Crippen molar-refractivity contribution in [3.8, 4) is 5.69 Å². The molecule has 86 valence electrons. The number of benzene rings is 2. The Balaban J connectivity index is 2.00. The Morgan fingerprint density at radius 2 is 2.00 bits per heavy atom. The van der Waals surface area contributed by atoms with Crippen LogP contribution < -0.4 is 0 Å². The predicted molar refractivity (Wildman–Crippen MR) is 74.2 cm³/mol. The Bertz CT molecular complexity index is 844. The molecule has 0 fully saturated rings. The van der Waals surface area contributed by atoms with Crippen LogP contribution in [-0.2, 0) is 0 Å². The molecule has 0 N–H and O–H groups in total. The average Bonchev–Trinajstić information content (AvgIpc) is 3.04. The number of nitrogens with zero attached hydrogens (tertiary/aromatic N) is 3. The molecule has 2 heterocycles. The predicted octanol–water partition coefficient (Wildman–Crippen LogP) is 3.64. The Morgan fingerprint density at radius 1 is 1.06 bits per heavy atom. The van der Waals surface area contributed by atoms with E-state index in [1.807, 2.05) is 28.5 Å². The normalized spacial score (nSPS) is 11.3. The van der Waals surface area contributed by atoms with Gasteiger partial charge < -0.3 is 0 Å². The highest BCUT2D eigenvalue weighted by Crippen LogP contribution is 2.23. The molecule has 0 saturated heterocycles. The van der Waals surface area contributed by atoms with Crippen LogP contribution in [0.1, 0.15) is 0 Å². The lowest BCUT2D eigenvalue weighted by molar-refractivity contribution is 0.912. The highest BCUT2D eigenvalue weighted by Gasteiger charge is 2.05. The minimum absolute atomic E-state index is 1.03. The van der Waals surface area contributed by atoms with Crippen molar-refractivity contribution < 1.29 is 0 Å². The van der Waals surface area contributed by atoms with E-state index in [-0.39, 0.29) is 0 Å². The SMILES string of the molecule is c1ccc2c(c1)cnn2-c1ccc2scnc2c1. The van der Waals surface area contributed by atoms with Gasteiger partial charge in [-0.05, 0) is 24.3 Å². The second-order valence-corrected chi connectivity index (χ2v) is 5.01. The van der Waals surface area contributed by atoms with Crippen LogP contribution in [0.15, 0.2) is 54.2 Å². The van der Waals surface area contributed by atoms with Crippen LogP contribution in [-0.4, -0.2) is 14.8 Å². The summed E-state index contributed by atoms with van der Waals surface area (Å²) in [5, 5.41) is 5.60. The Labute approximate surface area is 107 Å². The number of fused-ring (bicyclic) bond motifs is 2. The van der Waals surface area contributed by atoms with Crippen molar-refractivity contribution in [3.63, 3.8) is 0 Å². The van der Waals surface area contributed by atoms with Crippen molar-refractivity contribution in [2.24, 2.45) is 0 Å². The van der Waals surface area contributed by atoms with Crippen molar-refractivity contribution in [3.05, 3.63) is 54.2 Å². The minimum atomic E-state index is 1.03. The molecule has 0 saturated carbocycles. The second kappa shape index (κ2) is 3.65. The average molecular weight is 251 g/mol. The summed E-state index contributed by atoms with van der Waals surface area (Å²) in [5.74, 6) is 0. The third-order valence-electron chi connectivity index (χ3n) is 3.04. The molecular formula is C14H9N3S. The molecule has 0 amide bonds. The van der Waals surface area contributed by atoms with Crippen LogP contribution in [0.4, 0.5) is 0 Å². The fourth-order valence-corrected chi connectivity index (χ4v) is 2.81. The zero-order chi connectivity index (χ0) is 11.9. The first kappa shape index (κ1) is 9.79. The first-order chi connectivity index (χ1) is 8.92. The van der Waals surface area contributed by atoms with E-state index in [2.05, 4.69) is 40.4 Å². The topological polar surface area (TPSA) is 30.7 Å². The van der Waals surface area contributed by atoms with E-state index in [4.69, 9.17) is 0 Å². The van der Waals surface area contributed by atoms with Crippen molar-refractivity contribution in [2.75, 3.05) is 0 Å². The molecule has 3 nitrogen and oxygen atoms in total. The summed E-state index contributed by atoms with van der Waals surface area (Å²) in [7, 11) is 0. The van der Waals surface area contributed by atoms with E-state index in [0.29, 0.717) is 0 Å². The van der Waals surface area contributed by atoms with Gasteiger partial charge in [-0.25, -0.2) is 9.67 Å². The summed E-state index contributed by atoms with van der Waals surface area (Å²) in [4.78, 5) is 4.35. The summed E-state index contributed by atoms with van der Waals surface area (Å²) < 4.78 is 3.16. The number of rotatable bonds is 1. The Morgan fingerprint density at radius 3 is 3.00 bits per heavy atom. The van der Waals surface area contributed by atoms with Crippen LogP contribution >= 0.6 is 11.3 Å². The lowest BCUT2D eigenvalue weighted by Gasteiger charge is -2.03. The van der Waals surface area contributed by atoms with Gasteiger partial charge in [-0.1, -0.05) is 18.2 Å². The monoisotopic (exact) mass is 251 g/mol. The zero-order valence-electron chi connectivity index (χ0n) is 9.45. The molecule has 0 aliphatic carbocycles. The highest BCUT2D eigenvalue weighted by molar-refractivity contribution is 7.16. The third kappa shape index (κ3) is 1.36. The van der Waals surface area contributed by atoms with E-state index in [1.54, 1.807) is 11.3 Å². The molecule has 0 radical (unpaired) electrons. The minimum Gasteiger partial charge on any atom is -0.245 e. The van der Waals surface area contributed by atoms with Crippen LogP contribution in [0, 0.1) is 0 Å². The van der Waals surface area contributed by atoms with Crippen LogP contribution in [0.25, 0.3) is 26.8 Å². The van der Waals surface area contributed by atoms with Gasteiger partial charge >= 0.3 is 0 Å². The van der Waals surface area contributed by atoms with Gasteiger partial charge in [-0.3, -0.25) is 0 Å². The fourth-order valence-electron chi connectivity index (χ4n) is 2.16. The van der Waals surface area contributed by atoms with E-state index >= 15 is 0 Å². The van der Waals surface area contributed by atoms with Gasteiger partial charge in [0, 0.05) is 5.39 Å². The number of aromatic nitrogens is 3. The molecule has 0 aliphatic heterocycles. The van der Waals surface area contributed by atoms with Gasteiger partial charge in [-0.2, -0.15) is 5.10 Å². The van der Waals surface area contributed by atoms with E-state index in [9.17, 15) is 0 Å². The largest absolute Gasteiger partial charge is 0.245 e. The number of thiazole rings is 1. The van der Waals surface area contributed by atoms with Gasteiger partial charge in [0.15, 0.2) is 0 Å². The summed E-state index contributed by atoms with van der Waals surface area (Å²) >= 11 is 1.66. The summed E-state index contributed by atoms with van der Waals surface area (Å²) in [6.07, 6.45) is 1.89. The van der Waals surface area contributed by atoms with Crippen molar-refractivity contribution in [1.82, 2.24) is 14.8 Å². The smallest absolute Gasteiger partial charge is 0.0833 e. The first-order valence-corrected chi connectivity index (χ1v) is 6.56. The summed E-state index contributed by atoms with van der Waals surface area (Å²) in [6.45, 7) is 0. The lowest BCUT2D eigenvalue weighted by atomic mass is 10.2. The maximum atomic E-state index is 4.45. The van der Waals surface area contributed by atoms with Crippen LogP contribution in [0.3, 0.4) is 0 Å². The van der Waals surface area contributed by atoms with Crippen molar-refractivity contribution in [1.29, 1.82) is 0 Å². The Hall–Kier alpha value is -2.20. The summed E-state index contributed by atoms with van der Waals surface area (Å²) in [6, 6.07) is 14.5. The van der Waals surface area contributed by atoms with Gasteiger partial charge in [0.2, 0.25) is 0 Å². The Kier molecular flexibility index (Phi) is 1.98. The standard InChI is InChI=1S/C14H9N3S/c1-2-4-13-10(3-1)8-16-17(13)11-5-6-14-12(7-11)15-9-18-14/h1-9H. The quantitative estimate of drug-likeness (QED) is 0.517. The summed E-state index contributed by atoms with van der Waals surface area (Å²) in [5.41, 5.74) is 5.06. The van der Waals surface area contributed by atoms with Gasteiger partial charge in [0.25, 0.3) is 0 Å². The molecule has 0 aliphatic rings. The molecular weight excluding hydrogens is 242 g/mol. The van der Waals surface area contributed by atoms with Crippen LogP contribution in [0.5, 0.6) is 0 Å². The van der Waals surface area contributed by atoms with Crippen molar-refractivity contribution >= 4 is 32.5 Å². The van der Waals surface area contributed by atoms with E-state index in [1.165, 1.54) is 4.70 Å². The fraction of sp³-hybridized carbons (Fsp3) is 0. The number of hydrogen-bond donors (Lipinski definition) is 0. The molecule has 2 aromatic heterocycles. The first-order valence-electron chi connectivity index (χ1n) is 5.68. The van der Waals surface area contributed by atoms with E-state index in [0.717, 1.165) is 22.1 Å². The molecule has 4 aromatic rings. The molecule has 0 bridgehead atoms. The maximum absolute atomic E-state index is 4.45. The van der Waals surface area contributed by atoms with Crippen molar-refractivity contribution in [2.45, 2.75) is 0 Å². The lowest BCUT2D eigenvalue weighted by Crippen LogP contribution is -1.95. The molecule has 4 heteroatoms. The third-order valence-corrected chi connectivity index (χ3v) is 3.85.